The fourth-order valence-electron chi connectivity index (χ4n) is 2.13. The van der Waals surface area contributed by atoms with Gasteiger partial charge in [0.05, 0.1) is 5.69 Å². The first-order valence-corrected chi connectivity index (χ1v) is 7.13. The van der Waals surface area contributed by atoms with Gasteiger partial charge in [0.25, 0.3) is 0 Å². The molecular formula is C16H18F3N3O. The zero-order chi connectivity index (χ0) is 16.9. The smallest absolute Gasteiger partial charge is 0.406 e. The number of nitrogens with zero attached hydrogens (tertiary/aromatic N) is 3. The highest BCUT2D eigenvalue weighted by Crippen LogP contribution is 2.23. The molecule has 0 N–H and O–H groups in total. The summed E-state index contributed by atoms with van der Waals surface area (Å²) in [4.78, 5) is 10.4. The third-order valence-corrected chi connectivity index (χ3v) is 3.46. The van der Waals surface area contributed by atoms with Gasteiger partial charge in [-0.3, -0.25) is 14.9 Å². The minimum atomic E-state index is -4.66. The Labute approximate surface area is 132 Å². The van der Waals surface area contributed by atoms with Crippen LogP contribution in [-0.4, -0.2) is 34.3 Å². The monoisotopic (exact) mass is 325 g/mol. The highest BCUT2D eigenvalue weighted by atomic mass is 19.4. The van der Waals surface area contributed by atoms with Crippen molar-refractivity contribution in [2.24, 2.45) is 0 Å². The van der Waals surface area contributed by atoms with Crippen molar-refractivity contribution in [1.29, 1.82) is 0 Å². The van der Waals surface area contributed by atoms with Gasteiger partial charge in [-0.1, -0.05) is 12.1 Å². The van der Waals surface area contributed by atoms with Gasteiger partial charge in [0.15, 0.2) is 0 Å². The largest absolute Gasteiger partial charge is 0.573 e. The second-order valence-electron chi connectivity index (χ2n) is 5.36. The lowest BCUT2D eigenvalue weighted by Gasteiger charge is -2.24. The second-order valence-corrected chi connectivity index (χ2v) is 5.36. The molecule has 124 valence electrons. The first-order chi connectivity index (χ1) is 10.8. The fourth-order valence-corrected chi connectivity index (χ4v) is 2.13. The van der Waals surface area contributed by atoms with E-state index in [4.69, 9.17) is 0 Å². The van der Waals surface area contributed by atoms with Crippen molar-refractivity contribution < 1.29 is 17.9 Å². The van der Waals surface area contributed by atoms with Crippen LogP contribution in [0.2, 0.25) is 0 Å². The Balaban J connectivity index is 1.90. The molecule has 0 aliphatic rings. The van der Waals surface area contributed by atoms with E-state index in [9.17, 15) is 13.2 Å². The van der Waals surface area contributed by atoms with E-state index in [0.29, 0.717) is 6.54 Å². The molecule has 1 heterocycles. The number of hydrogen-bond acceptors (Lipinski definition) is 4. The van der Waals surface area contributed by atoms with Gasteiger partial charge in [-0.2, -0.15) is 0 Å². The average molecular weight is 325 g/mol. The minimum absolute atomic E-state index is 0.212. The summed E-state index contributed by atoms with van der Waals surface area (Å²) in [7, 11) is 1.96. The fraction of sp³-hybridized carbons (Fsp3) is 0.375. The Bertz CT molecular complexity index is 602. The number of hydrogen-bond donors (Lipinski definition) is 0. The molecule has 2 rings (SSSR count). The summed E-state index contributed by atoms with van der Waals surface area (Å²) >= 11 is 0. The summed E-state index contributed by atoms with van der Waals surface area (Å²) in [6.07, 6.45) is 1.10. The molecule has 2 aromatic rings. The van der Waals surface area contributed by atoms with Crippen molar-refractivity contribution in [2.75, 3.05) is 7.05 Å². The van der Waals surface area contributed by atoms with E-state index < -0.39 is 6.36 Å². The van der Waals surface area contributed by atoms with Crippen LogP contribution >= 0.6 is 0 Å². The Morgan fingerprint density at radius 3 is 2.43 bits per heavy atom. The van der Waals surface area contributed by atoms with Gasteiger partial charge in [0.1, 0.15) is 5.75 Å². The average Bonchev–Trinajstić information content (AvgIpc) is 2.48. The molecule has 0 fully saturated rings. The van der Waals surface area contributed by atoms with E-state index in [2.05, 4.69) is 26.5 Å². The zero-order valence-corrected chi connectivity index (χ0v) is 12.9. The molecule has 0 saturated heterocycles. The van der Waals surface area contributed by atoms with Crippen LogP contribution in [0.25, 0.3) is 0 Å². The molecule has 1 aromatic heterocycles. The summed E-state index contributed by atoms with van der Waals surface area (Å²) in [5.41, 5.74) is 1.81. The van der Waals surface area contributed by atoms with Gasteiger partial charge < -0.3 is 4.74 Å². The maximum absolute atomic E-state index is 12.1. The van der Waals surface area contributed by atoms with Crippen molar-refractivity contribution in [3.8, 4) is 5.75 Å². The van der Waals surface area contributed by atoms with Crippen LogP contribution in [0.1, 0.15) is 18.2 Å². The molecule has 0 aliphatic carbocycles. The third kappa shape index (κ3) is 5.86. The number of benzene rings is 1. The van der Waals surface area contributed by atoms with Gasteiger partial charge in [0.2, 0.25) is 0 Å². The Hall–Kier alpha value is -2.15. The molecule has 1 atom stereocenters. The third-order valence-electron chi connectivity index (χ3n) is 3.46. The van der Waals surface area contributed by atoms with Crippen LogP contribution in [0.4, 0.5) is 13.2 Å². The minimum Gasteiger partial charge on any atom is -0.406 e. The summed E-state index contributed by atoms with van der Waals surface area (Å²) in [6, 6.07) is 6.13. The van der Waals surface area contributed by atoms with Crippen molar-refractivity contribution >= 4 is 0 Å². The number of likely N-dealkylation sites (N-methyl/N-ethyl adjacent to an activating group) is 1. The maximum Gasteiger partial charge on any atom is 0.573 e. The van der Waals surface area contributed by atoms with Gasteiger partial charge >= 0.3 is 6.36 Å². The van der Waals surface area contributed by atoms with Gasteiger partial charge in [0, 0.05) is 37.6 Å². The first kappa shape index (κ1) is 17.2. The number of rotatable bonds is 6. The normalized spacial score (nSPS) is 13.1. The number of halogens is 3. The van der Waals surface area contributed by atoms with Crippen LogP contribution < -0.4 is 4.74 Å². The predicted molar refractivity (Wildman–Crippen MR) is 79.8 cm³/mol. The van der Waals surface area contributed by atoms with E-state index in [1.54, 1.807) is 30.7 Å². The molecule has 4 nitrogen and oxygen atoms in total. The van der Waals surface area contributed by atoms with Crippen LogP contribution in [0.5, 0.6) is 5.75 Å². The lowest BCUT2D eigenvalue weighted by atomic mass is 10.1. The molecule has 0 saturated carbocycles. The van der Waals surface area contributed by atoms with Gasteiger partial charge in [-0.25, -0.2) is 0 Å². The van der Waals surface area contributed by atoms with Crippen molar-refractivity contribution in [1.82, 2.24) is 14.9 Å². The van der Waals surface area contributed by atoms with Crippen LogP contribution in [-0.2, 0) is 13.0 Å². The maximum atomic E-state index is 12.1. The zero-order valence-electron chi connectivity index (χ0n) is 12.9. The lowest BCUT2D eigenvalue weighted by molar-refractivity contribution is -0.274. The highest BCUT2D eigenvalue weighted by Gasteiger charge is 2.30. The first-order valence-electron chi connectivity index (χ1n) is 7.13. The number of alkyl halides is 3. The summed E-state index contributed by atoms with van der Waals surface area (Å²) in [6.45, 7) is 2.68. The summed E-state index contributed by atoms with van der Waals surface area (Å²) in [5, 5.41) is 0. The topological polar surface area (TPSA) is 38.2 Å². The van der Waals surface area contributed by atoms with E-state index in [1.165, 1.54) is 12.1 Å². The van der Waals surface area contributed by atoms with E-state index >= 15 is 0 Å². The highest BCUT2D eigenvalue weighted by molar-refractivity contribution is 5.27. The molecule has 0 amide bonds. The summed E-state index contributed by atoms with van der Waals surface area (Å²) in [5.74, 6) is -0.212. The van der Waals surface area contributed by atoms with Crippen LogP contribution in [0, 0.1) is 0 Å². The second kappa shape index (κ2) is 7.41. The van der Waals surface area contributed by atoms with E-state index in [1.807, 2.05) is 7.05 Å². The van der Waals surface area contributed by atoms with Gasteiger partial charge in [-0.05, 0) is 31.7 Å². The quantitative estimate of drug-likeness (QED) is 0.815. The van der Waals surface area contributed by atoms with Crippen molar-refractivity contribution in [3.63, 3.8) is 0 Å². The molecule has 0 radical (unpaired) electrons. The predicted octanol–water partition coefficient (Wildman–Crippen LogP) is 3.44. The molecule has 0 spiro atoms. The standard InChI is InChI=1S/C16H18F3N3O/c1-12(9-14-10-20-7-8-21-14)22(2)11-13-3-5-15(6-4-13)23-16(17,18)19/h3-8,10,12H,9,11H2,1-2H3. The Morgan fingerprint density at radius 2 is 1.87 bits per heavy atom. The summed E-state index contributed by atoms with van der Waals surface area (Å²) < 4.78 is 40.2. The van der Waals surface area contributed by atoms with Gasteiger partial charge in [-0.15, -0.1) is 13.2 Å². The molecule has 1 aromatic carbocycles. The molecule has 0 aliphatic heterocycles. The lowest BCUT2D eigenvalue weighted by Crippen LogP contribution is -2.30. The molecule has 7 heteroatoms. The molecule has 0 bridgehead atoms. The van der Waals surface area contributed by atoms with E-state index in [0.717, 1.165) is 17.7 Å². The molecule has 23 heavy (non-hydrogen) atoms. The van der Waals surface area contributed by atoms with Crippen molar-refractivity contribution in [2.45, 2.75) is 32.3 Å². The SMILES string of the molecule is CC(Cc1cnccn1)N(C)Cc1ccc(OC(F)(F)F)cc1. The van der Waals surface area contributed by atoms with Crippen LogP contribution in [0.15, 0.2) is 42.9 Å². The number of aromatic nitrogens is 2. The number of ether oxygens (including phenoxy) is 1. The Morgan fingerprint density at radius 1 is 1.17 bits per heavy atom. The molecule has 1 unspecified atom stereocenters. The van der Waals surface area contributed by atoms with E-state index in [-0.39, 0.29) is 11.8 Å². The molecular weight excluding hydrogens is 307 g/mol. The van der Waals surface area contributed by atoms with Crippen molar-refractivity contribution in [3.05, 3.63) is 54.1 Å². The van der Waals surface area contributed by atoms with Crippen LogP contribution in [0.3, 0.4) is 0 Å². The Kier molecular flexibility index (Phi) is 5.54.